The maximum atomic E-state index is 11.8. The van der Waals surface area contributed by atoms with Gasteiger partial charge in [-0.25, -0.2) is 4.79 Å². The van der Waals surface area contributed by atoms with Crippen LogP contribution in [0.3, 0.4) is 0 Å². The van der Waals surface area contributed by atoms with Crippen molar-refractivity contribution in [1.29, 1.82) is 0 Å². The van der Waals surface area contributed by atoms with Crippen molar-refractivity contribution in [2.45, 2.75) is 0 Å². The van der Waals surface area contributed by atoms with Crippen molar-refractivity contribution < 1.29 is 28.6 Å². The number of anilines is 1. The number of primary amides is 1. The topological polar surface area (TPSA) is 117 Å². The average Bonchev–Trinajstić information content (AvgIpc) is 2.70. The third-order valence-corrected chi connectivity index (χ3v) is 3.58. The highest BCUT2D eigenvalue weighted by atomic mass is 16.5. The van der Waals surface area contributed by atoms with E-state index >= 15 is 0 Å². The summed E-state index contributed by atoms with van der Waals surface area (Å²) >= 11 is 0. The Labute approximate surface area is 161 Å². The first-order valence-electron chi connectivity index (χ1n) is 8.19. The van der Waals surface area contributed by atoms with Gasteiger partial charge in [0, 0.05) is 23.4 Å². The van der Waals surface area contributed by atoms with Crippen LogP contribution in [-0.4, -0.2) is 38.6 Å². The molecule has 0 aliphatic heterocycles. The summed E-state index contributed by atoms with van der Waals surface area (Å²) in [6, 6.07) is 11.1. The highest BCUT2D eigenvalue weighted by Gasteiger charge is 2.07. The van der Waals surface area contributed by atoms with Gasteiger partial charge in [-0.05, 0) is 48.0 Å². The second-order valence-electron chi connectivity index (χ2n) is 5.58. The average molecular weight is 384 g/mol. The molecule has 2 amide bonds. The van der Waals surface area contributed by atoms with Crippen molar-refractivity contribution in [3.05, 3.63) is 59.7 Å². The monoisotopic (exact) mass is 384 g/mol. The number of carbonyl (C=O) groups is 3. The Balaban J connectivity index is 1.87. The Kier molecular flexibility index (Phi) is 7.15. The number of methoxy groups -OCH3 is 2. The van der Waals surface area contributed by atoms with Crippen molar-refractivity contribution in [2.24, 2.45) is 5.73 Å². The number of hydrogen-bond acceptors (Lipinski definition) is 6. The molecule has 0 bridgehead atoms. The fourth-order valence-corrected chi connectivity index (χ4v) is 2.19. The normalized spacial score (nSPS) is 10.4. The number of ether oxygens (including phenoxy) is 3. The lowest BCUT2D eigenvalue weighted by Gasteiger charge is -2.06. The second-order valence-corrected chi connectivity index (χ2v) is 5.58. The van der Waals surface area contributed by atoms with Gasteiger partial charge in [-0.15, -0.1) is 0 Å². The van der Waals surface area contributed by atoms with E-state index in [0.29, 0.717) is 28.3 Å². The number of benzene rings is 2. The van der Waals surface area contributed by atoms with Gasteiger partial charge in [0.05, 0.1) is 14.2 Å². The van der Waals surface area contributed by atoms with Crippen molar-refractivity contribution in [2.75, 3.05) is 26.1 Å². The van der Waals surface area contributed by atoms with Crippen LogP contribution in [-0.2, 0) is 14.3 Å². The maximum absolute atomic E-state index is 11.8. The first-order chi connectivity index (χ1) is 13.4. The van der Waals surface area contributed by atoms with Crippen LogP contribution in [0.1, 0.15) is 15.9 Å². The first kappa shape index (κ1) is 20.5. The van der Waals surface area contributed by atoms with E-state index in [1.54, 1.807) is 18.2 Å². The molecule has 0 fully saturated rings. The third-order valence-electron chi connectivity index (χ3n) is 3.58. The molecular formula is C20H20N2O6. The maximum Gasteiger partial charge on any atom is 0.331 e. The highest BCUT2D eigenvalue weighted by molar-refractivity contribution is 5.96. The summed E-state index contributed by atoms with van der Waals surface area (Å²) < 4.78 is 15.2. The van der Waals surface area contributed by atoms with E-state index in [1.807, 2.05) is 0 Å². The van der Waals surface area contributed by atoms with E-state index in [0.717, 1.165) is 0 Å². The van der Waals surface area contributed by atoms with Gasteiger partial charge in [-0.1, -0.05) is 0 Å². The fraction of sp³-hybridized carbons (Fsp3) is 0.150. The largest absolute Gasteiger partial charge is 0.497 e. The van der Waals surface area contributed by atoms with Gasteiger partial charge < -0.3 is 25.3 Å². The van der Waals surface area contributed by atoms with Crippen LogP contribution >= 0.6 is 0 Å². The molecule has 0 aliphatic carbocycles. The number of rotatable bonds is 8. The molecule has 0 spiro atoms. The SMILES string of the molecule is COc1cc(/C=C/C(=O)OCC(=O)Nc2ccc(C(N)=O)cc2)cc(OC)c1. The summed E-state index contributed by atoms with van der Waals surface area (Å²) in [5.41, 5.74) is 6.59. The molecular weight excluding hydrogens is 364 g/mol. The Morgan fingerprint density at radius 3 is 2.14 bits per heavy atom. The van der Waals surface area contributed by atoms with Crippen molar-refractivity contribution in [1.82, 2.24) is 0 Å². The van der Waals surface area contributed by atoms with Gasteiger partial charge in [-0.3, -0.25) is 9.59 Å². The lowest BCUT2D eigenvalue weighted by molar-refractivity contribution is -0.142. The Hall–Kier alpha value is -3.81. The van der Waals surface area contributed by atoms with Crippen LogP contribution in [0.15, 0.2) is 48.5 Å². The minimum Gasteiger partial charge on any atom is -0.497 e. The predicted octanol–water partition coefficient (Wildman–Crippen LogP) is 2.00. The number of amides is 2. The summed E-state index contributed by atoms with van der Waals surface area (Å²) in [5.74, 6) is -0.604. The summed E-state index contributed by atoms with van der Waals surface area (Å²) in [4.78, 5) is 34.6. The van der Waals surface area contributed by atoms with Crippen LogP contribution in [0, 0.1) is 0 Å². The first-order valence-corrected chi connectivity index (χ1v) is 8.19. The molecule has 0 radical (unpaired) electrons. The van der Waals surface area contributed by atoms with E-state index in [1.165, 1.54) is 50.6 Å². The van der Waals surface area contributed by atoms with Gasteiger partial charge in [0.15, 0.2) is 6.61 Å². The minimum absolute atomic E-state index is 0.323. The molecule has 0 heterocycles. The molecule has 2 rings (SSSR count). The molecule has 2 aromatic rings. The van der Waals surface area contributed by atoms with Crippen LogP contribution in [0.4, 0.5) is 5.69 Å². The molecule has 8 heteroatoms. The van der Waals surface area contributed by atoms with Crippen molar-refractivity contribution in [3.63, 3.8) is 0 Å². The minimum atomic E-state index is -0.680. The second kappa shape index (κ2) is 9.77. The summed E-state index contributed by atoms with van der Waals surface area (Å²) in [7, 11) is 3.05. The van der Waals surface area contributed by atoms with Crippen LogP contribution in [0.5, 0.6) is 11.5 Å². The van der Waals surface area contributed by atoms with Crippen molar-refractivity contribution >= 4 is 29.5 Å². The molecule has 28 heavy (non-hydrogen) atoms. The van der Waals surface area contributed by atoms with E-state index < -0.39 is 24.4 Å². The molecule has 0 saturated carbocycles. The molecule has 3 N–H and O–H groups in total. The Bertz CT molecular complexity index is 868. The molecule has 0 aromatic heterocycles. The smallest absolute Gasteiger partial charge is 0.331 e. The molecule has 146 valence electrons. The molecule has 0 aliphatic rings. The molecule has 8 nitrogen and oxygen atoms in total. The number of esters is 1. The molecule has 0 unspecified atom stereocenters. The van der Waals surface area contributed by atoms with E-state index in [2.05, 4.69) is 5.32 Å². The standard InChI is InChI=1S/C20H20N2O6/c1-26-16-9-13(10-17(11-16)27-2)3-8-19(24)28-12-18(23)22-15-6-4-14(5-7-15)20(21)25/h3-11H,12H2,1-2H3,(H2,21,25)(H,22,23)/b8-3+. The summed E-state index contributed by atoms with van der Waals surface area (Å²) in [6.07, 6.45) is 2.72. The van der Waals surface area contributed by atoms with Crippen LogP contribution in [0.25, 0.3) is 6.08 Å². The Morgan fingerprint density at radius 1 is 1.00 bits per heavy atom. The van der Waals surface area contributed by atoms with Crippen LogP contribution < -0.4 is 20.5 Å². The van der Waals surface area contributed by atoms with Gasteiger partial charge >= 0.3 is 5.97 Å². The van der Waals surface area contributed by atoms with Gasteiger partial charge in [0.2, 0.25) is 5.91 Å². The molecule has 0 saturated heterocycles. The fourth-order valence-electron chi connectivity index (χ4n) is 2.19. The quantitative estimate of drug-likeness (QED) is 0.531. The highest BCUT2D eigenvalue weighted by Crippen LogP contribution is 2.23. The van der Waals surface area contributed by atoms with E-state index in [4.69, 9.17) is 19.9 Å². The summed E-state index contributed by atoms with van der Waals surface area (Å²) in [5, 5.41) is 2.54. The van der Waals surface area contributed by atoms with E-state index in [-0.39, 0.29) is 0 Å². The number of nitrogens with one attached hydrogen (secondary N) is 1. The summed E-state index contributed by atoms with van der Waals surface area (Å²) in [6.45, 7) is -0.456. The van der Waals surface area contributed by atoms with E-state index in [9.17, 15) is 14.4 Å². The Morgan fingerprint density at radius 2 is 1.61 bits per heavy atom. The zero-order chi connectivity index (χ0) is 20.5. The van der Waals surface area contributed by atoms with Gasteiger partial charge in [0.25, 0.3) is 5.91 Å². The number of nitrogens with two attached hydrogens (primary N) is 1. The molecule has 0 atom stereocenters. The lowest BCUT2D eigenvalue weighted by atomic mass is 10.2. The predicted molar refractivity (Wildman–Crippen MR) is 103 cm³/mol. The van der Waals surface area contributed by atoms with Crippen LogP contribution in [0.2, 0.25) is 0 Å². The third kappa shape index (κ3) is 6.17. The van der Waals surface area contributed by atoms with Gasteiger partial charge in [0.1, 0.15) is 11.5 Å². The molecule has 2 aromatic carbocycles. The lowest BCUT2D eigenvalue weighted by Crippen LogP contribution is -2.20. The number of carbonyl (C=O) groups excluding carboxylic acids is 3. The van der Waals surface area contributed by atoms with Gasteiger partial charge in [-0.2, -0.15) is 0 Å². The zero-order valence-electron chi connectivity index (χ0n) is 15.4. The zero-order valence-corrected chi connectivity index (χ0v) is 15.4. The van der Waals surface area contributed by atoms with Crippen molar-refractivity contribution in [3.8, 4) is 11.5 Å². The number of hydrogen-bond donors (Lipinski definition) is 2.